The van der Waals surface area contributed by atoms with Gasteiger partial charge in [0.05, 0.1) is 6.61 Å². The van der Waals surface area contributed by atoms with Crippen LogP contribution in [0.1, 0.15) is 25.7 Å². The molecule has 1 fully saturated rings. The number of rotatable bonds is 6. The van der Waals surface area contributed by atoms with Gasteiger partial charge in [-0.3, -0.25) is 0 Å². The minimum absolute atomic E-state index is 0.133. The summed E-state index contributed by atoms with van der Waals surface area (Å²) in [6.07, 6.45) is 10.4. The predicted molar refractivity (Wildman–Crippen MR) is 68.7 cm³/mol. The summed E-state index contributed by atoms with van der Waals surface area (Å²) in [7, 11) is 4.04. The van der Waals surface area contributed by atoms with Crippen LogP contribution in [-0.4, -0.2) is 45.0 Å². The van der Waals surface area contributed by atoms with Crippen LogP contribution in [0.4, 0.5) is 0 Å². The Morgan fingerprint density at radius 1 is 1.47 bits per heavy atom. The highest BCUT2D eigenvalue weighted by Crippen LogP contribution is 2.37. The normalized spacial score (nSPS) is 28.9. The van der Waals surface area contributed by atoms with Gasteiger partial charge in [0.25, 0.3) is 0 Å². The van der Waals surface area contributed by atoms with E-state index in [0.717, 1.165) is 45.1 Å². The molecular weight excluding hydrogens is 214 g/mol. The second kappa shape index (κ2) is 6.78. The van der Waals surface area contributed by atoms with Crippen molar-refractivity contribution in [2.24, 2.45) is 11.3 Å². The average molecular weight is 237 g/mol. The summed E-state index contributed by atoms with van der Waals surface area (Å²) in [6, 6.07) is 0. The topological polar surface area (TPSA) is 29.5 Å². The Morgan fingerprint density at radius 3 is 2.59 bits per heavy atom. The van der Waals surface area contributed by atoms with Crippen molar-refractivity contribution in [3.63, 3.8) is 0 Å². The van der Waals surface area contributed by atoms with Gasteiger partial charge in [0.2, 0.25) is 0 Å². The smallest absolute Gasteiger partial charge is 0.127 e. The second-order valence-electron chi connectivity index (χ2n) is 5.38. The van der Waals surface area contributed by atoms with Crippen molar-refractivity contribution < 1.29 is 9.53 Å². The predicted octanol–water partition coefficient (Wildman–Crippen LogP) is 1.57. The Bertz CT molecular complexity index is 272. The molecule has 0 bridgehead atoms. The standard InChI is InChI=1S/C14H23NO2/c1-4-9-17-10-13-5-7-14(12-16,8-6-13)11-15(2)3/h1,12-13H,5-11H2,2-3H3. The quantitative estimate of drug-likeness (QED) is 0.399. The van der Waals surface area contributed by atoms with E-state index in [9.17, 15) is 4.79 Å². The van der Waals surface area contributed by atoms with Crippen LogP contribution in [0.5, 0.6) is 0 Å². The van der Waals surface area contributed by atoms with E-state index < -0.39 is 0 Å². The van der Waals surface area contributed by atoms with Crippen molar-refractivity contribution in [3.8, 4) is 12.3 Å². The molecule has 0 spiro atoms. The van der Waals surface area contributed by atoms with Crippen LogP contribution in [0.15, 0.2) is 0 Å². The number of ether oxygens (including phenoxy) is 1. The highest BCUT2D eigenvalue weighted by atomic mass is 16.5. The van der Waals surface area contributed by atoms with Gasteiger partial charge >= 0.3 is 0 Å². The number of aldehydes is 1. The molecule has 0 N–H and O–H groups in total. The highest BCUT2D eigenvalue weighted by Gasteiger charge is 2.35. The number of terminal acetylenes is 1. The number of carbonyl (C=O) groups excluding carboxylic acids is 1. The monoisotopic (exact) mass is 237 g/mol. The Hall–Kier alpha value is -0.850. The molecule has 1 rings (SSSR count). The first-order valence-electron chi connectivity index (χ1n) is 6.24. The van der Waals surface area contributed by atoms with Crippen LogP contribution in [-0.2, 0) is 9.53 Å². The molecule has 3 nitrogen and oxygen atoms in total. The van der Waals surface area contributed by atoms with E-state index in [2.05, 4.69) is 10.8 Å². The molecule has 0 unspecified atom stereocenters. The van der Waals surface area contributed by atoms with Crippen molar-refractivity contribution in [1.29, 1.82) is 0 Å². The van der Waals surface area contributed by atoms with E-state index in [-0.39, 0.29) is 5.41 Å². The molecule has 0 atom stereocenters. The molecule has 0 saturated heterocycles. The lowest BCUT2D eigenvalue weighted by Crippen LogP contribution is -2.39. The molecule has 1 aliphatic rings. The molecule has 0 heterocycles. The van der Waals surface area contributed by atoms with Gasteiger partial charge in [-0.15, -0.1) is 6.42 Å². The fourth-order valence-corrected chi connectivity index (χ4v) is 2.65. The van der Waals surface area contributed by atoms with E-state index >= 15 is 0 Å². The van der Waals surface area contributed by atoms with Crippen molar-refractivity contribution >= 4 is 6.29 Å². The Kier molecular flexibility index (Phi) is 5.67. The summed E-state index contributed by atoms with van der Waals surface area (Å²) in [4.78, 5) is 13.4. The maximum Gasteiger partial charge on any atom is 0.127 e. The third-order valence-corrected chi connectivity index (χ3v) is 3.52. The third-order valence-electron chi connectivity index (χ3n) is 3.52. The summed E-state index contributed by atoms with van der Waals surface area (Å²) in [6.45, 7) is 1.99. The van der Waals surface area contributed by atoms with Crippen molar-refractivity contribution in [3.05, 3.63) is 0 Å². The summed E-state index contributed by atoms with van der Waals surface area (Å²) >= 11 is 0. The molecular formula is C14H23NO2. The van der Waals surface area contributed by atoms with E-state index in [0.29, 0.717) is 12.5 Å². The Balaban J connectivity index is 2.37. The molecule has 1 aliphatic carbocycles. The van der Waals surface area contributed by atoms with Crippen molar-refractivity contribution in [2.45, 2.75) is 25.7 Å². The molecule has 0 amide bonds. The molecule has 0 aromatic carbocycles. The molecule has 0 aromatic rings. The van der Waals surface area contributed by atoms with E-state index in [1.54, 1.807) is 0 Å². The van der Waals surface area contributed by atoms with Crippen LogP contribution in [0.2, 0.25) is 0 Å². The molecule has 1 saturated carbocycles. The van der Waals surface area contributed by atoms with Crippen molar-refractivity contribution in [1.82, 2.24) is 4.90 Å². The lowest BCUT2D eigenvalue weighted by molar-refractivity contribution is -0.119. The largest absolute Gasteiger partial charge is 0.369 e. The summed E-state index contributed by atoms with van der Waals surface area (Å²) in [5, 5.41) is 0. The van der Waals surface area contributed by atoms with Gasteiger partial charge < -0.3 is 14.4 Å². The number of hydrogen-bond donors (Lipinski definition) is 0. The van der Waals surface area contributed by atoms with Gasteiger partial charge in [0, 0.05) is 12.0 Å². The zero-order chi connectivity index (χ0) is 12.7. The minimum Gasteiger partial charge on any atom is -0.369 e. The Labute approximate surface area is 105 Å². The number of hydrogen-bond acceptors (Lipinski definition) is 3. The van der Waals surface area contributed by atoms with Gasteiger partial charge in [-0.25, -0.2) is 0 Å². The van der Waals surface area contributed by atoms with Crippen LogP contribution >= 0.6 is 0 Å². The highest BCUT2D eigenvalue weighted by molar-refractivity contribution is 5.60. The van der Waals surface area contributed by atoms with Gasteiger partial charge in [-0.2, -0.15) is 0 Å². The van der Waals surface area contributed by atoms with Gasteiger partial charge in [-0.1, -0.05) is 5.92 Å². The zero-order valence-electron chi connectivity index (χ0n) is 10.9. The van der Waals surface area contributed by atoms with Crippen molar-refractivity contribution in [2.75, 3.05) is 33.9 Å². The molecule has 17 heavy (non-hydrogen) atoms. The first-order chi connectivity index (χ1) is 8.12. The number of nitrogens with zero attached hydrogens (tertiary/aromatic N) is 1. The Morgan fingerprint density at radius 2 is 2.12 bits per heavy atom. The lowest BCUT2D eigenvalue weighted by Gasteiger charge is -2.37. The molecule has 0 aromatic heterocycles. The molecule has 0 radical (unpaired) electrons. The van der Waals surface area contributed by atoms with Crippen LogP contribution in [0, 0.1) is 23.7 Å². The van der Waals surface area contributed by atoms with Gasteiger partial charge in [0.15, 0.2) is 0 Å². The van der Waals surface area contributed by atoms with E-state index in [1.807, 2.05) is 14.1 Å². The lowest BCUT2D eigenvalue weighted by atomic mass is 9.71. The second-order valence-corrected chi connectivity index (χ2v) is 5.38. The average Bonchev–Trinajstić information content (AvgIpc) is 2.31. The first-order valence-corrected chi connectivity index (χ1v) is 6.24. The number of carbonyl (C=O) groups is 1. The van der Waals surface area contributed by atoms with Crippen LogP contribution < -0.4 is 0 Å². The van der Waals surface area contributed by atoms with E-state index in [1.165, 1.54) is 0 Å². The SMILES string of the molecule is C#CCOCC1CCC(C=O)(CN(C)C)CC1. The van der Waals surface area contributed by atoms with Gasteiger partial charge in [-0.05, 0) is 45.7 Å². The maximum absolute atomic E-state index is 11.3. The summed E-state index contributed by atoms with van der Waals surface area (Å²) < 4.78 is 5.37. The minimum atomic E-state index is -0.133. The van der Waals surface area contributed by atoms with Gasteiger partial charge in [0.1, 0.15) is 12.9 Å². The maximum atomic E-state index is 11.3. The molecule has 96 valence electrons. The van der Waals surface area contributed by atoms with Crippen LogP contribution in [0.3, 0.4) is 0 Å². The fourth-order valence-electron chi connectivity index (χ4n) is 2.65. The third kappa shape index (κ3) is 4.49. The zero-order valence-corrected chi connectivity index (χ0v) is 10.9. The van der Waals surface area contributed by atoms with Crippen LogP contribution in [0.25, 0.3) is 0 Å². The fraction of sp³-hybridized carbons (Fsp3) is 0.786. The molecule has 3 heteroatoms. The summed E-state index contributed by atoms with van der Waals surface area (Å²) in [5.74, 6) is 3.04. The summed E-state index contributed by atoms with van der Waals surface area (Å²) in [5.41, 5.74) is -0.133. The first kappa shape index (κ1) is 14.2. The van der Waals surface area contributed by atoms with E-state index in [4.69, 9.17) is 11.2 Å². The molecule has 0 aliphatic heterocycles.